The molecule has 0 unspecified atom stereocenters. The molecule has 11 nitrogen and oxygen atoms in total. The summed E-state index contributed by atoms with van der Waals surface area (Å²) in [6.45, 7) is 3.21. The predicted octanol–water partition coefficient (Wildman–Crippen LogP) is 1.34. The zero-order valence-electron chi connectivity index (χ0n) is 22.7. The van der Waals surface area contributed by atoms with Crippen LogP contribution in [0.25, 0.3) is 22.1 Å². The lowest BCUT2D eigenvalue weighted by Gasteiger charge is -2.33. The number of aromatic nitrogens is 5. The summed E-state index contributed by atoms with van der Waals surface area (Å²) in [4.78, 5) is 52.4. The third-order valence-corrected chi connectivity index (χ3v) is 7.70. The molecular formula is C29H32N8O3. The topological polar surface area (TPSA) is 133 Å². The van der Waals surface area contributed by atoms with Gasteiger partial charge in [-0.1, -0.05) is 12.0 Å². The van der Waals surface area contributed by atoms with Gasteiger partial charge in [0, 0.05) is 44.6 Å². The molecule has 0 bridgehead atoms. The van der Waals surface area contributed by atoms with Gasteiger partial charge in [-0.25, -0.2) is 4.79 Å². The van der Waals surface area contributed by atoms with Crippen LogP contribution in [0.15, 0.2) is 40.2 Å². The highest BCUT2D eigenvalue weighted by molar-refractivity contribution is 6.11. The van der Waals surface area contributed by atoms with Gasteiger partial charge in [0.05, 0.1) is 29.6 Å². The normalized spacial score (nSPS) is 17.2. The maximum Gasteiger partial charge on any atom is 0.331 e. The molecule has 1 saturated heterocycles. The summed E-state index contributed by atoms with van der Waals surface area (Å²) >= 11 is 0. The van der Waals surface area contributed by atoms with E-state index >= 15 is 0 Å². The first kappa shape index (κ1) is 25.8. The number of anilines is 1. The molecule has 0 spiro atoms. The summed E-state index contributed by atoms with van der Waals surface area (Å²) < 4.78 is 4.43. The van der Waals surface area contributed by atoms with Crippen molar-refractivity contribution >= 4 is 33.8 Å². The Kier molecular flexibility index (Phi) is 6.64. The average Bonchev–Trinajstić information content (AvgIpc) is 3.70. The van der Waals surface area contributed by atoms with Crippen LogP contribution in [-0.2, 0) is 20.1 Å². The molecule has 1 amide bonds. The van der Waals surface area contributed by atoms with E-state index < -0.39 is 11.2 Å². The van der Waals surface area contributed by atoms with E-state index in [1.165, 1.54) is 9.13 Å². The van der Waals surface area contributed by atoms with Crippen LogP contribution in [0.2, 0.25) is 0 Å². The highest BCUT2D eigenvalue weighted by atomic mass is 16.2. The van der Waals surface area contributed by atoms with Crippen LogP contribution in [0.1, 0.15) is 48.5 Å². The average molecular weight is 541 g/mol. The molecule has 4 heterocycles. The van der Waals surface area contributed by atoms with E-state index in [9.17, 15) is 14.4 Å². The number of carbonyl (C=O) groups is 1. The molecule has 2 aliphatic rings. The molecule has 2 fully saturated rings. The van der Waals surface area contributed by atoms with Crippen molar-refractivity contribution in [2.75, 3.05) is 18.0 Å². The number of hydrogen-bond acceptors (Lipinski definition) is 7. The number of carbonyl (C=O) groups excluding carboxylic acids is 1. The van der Waals surface area contributed by atoms with E-state index in [1.807, 2.05) is 18.2 Å². The molecule has 1 aromatic carbocycles. The standard InChI is InChI=1S/C29H32N8O3/c1-3-4-14-36-25-24(23(26(38)33-20-8-9-20)27(36)35-13-5-6-19(30)17-35)34(2)29(40)37(28(25)39)16-18-7-10-21-22(15-18)32-12-11-31-21/h7,10-12,15,19-20H,5-6,8-9,13-14,16-17,30H2,1-2H3,(H,33,38)/t19-/m1/s1. The van der Waals surface area contributed by atoms with E-state index in [4.69, 9.17) is 5.73 Å². The summed E-state index contributed by atoms with van der Waals surface area (Å²) in [5.41, 5.74) is 8.45. The van der Waals surface area contributed by atoms with Gasteiger partial charge in [0.2, 0.25) is 0 Å². The lowest BCUT2D eigenvalue weighted by molar-refractivity contribution is 0.0952. The Morgan fingerprint density at radius 2 is 1.88 bits per heavy atom. The third-order valence-electron chi connectivity index (χ3n) is 7.70. The minimum absolute atomic E-state index is 0.0477. The number of fused-ring (bicyclic) bond motifs is 2. The molecule has 11 heteroatoms. The predicted molar refractivity (Wildman–Crippen MR) is 153 cm³/mol. The molecule has 1 aliphatic carbocycles. The fourth-order valence-electron chi connectivity index (χ4n) is 5.59. The molecule has 6 rings (SSSR count). The first-order chi connectivity index (χ1) is 19.4. The second kappa shape index (κ2) is 10.3. The molecule has 3 N–H and O–H groups in total. The van der Waals surface area contributed by atoms with Gasteiger partial charge in [-0.3, -0.25) is 28.7 Å². The molecule has 1 atom stereocenters. The van der Waals surface area contributed by atoms with E-state index in [1.54, 1.807) is 30.9 Å². The van der Waals surface area contributed by atoms with Crippen molar-refractivity contribution in [3.63, 3.8) is 0 Å². The number of nitrogens with one attached hydrogen (secondary N) is 1. The van der Waals surface area contributed by atoms with Gasteiger partial charge in [0.15, 0.2) is 0 Å². The number of piperidine rings is 1. The second-order valence-corrected chi connectivity index (χ2v) is 10.6. The molecule has 0 radical (unpaired) electrons. The second-order valence-electron chi connectivity index (χ2n) is 10.6. The number of benzene rings is 1. The Morgan fingerprint density at radius 1 is 1.10 bits per heavy atom. The van der Waals surface area contributed by atoms with Crippen LogP contribution in [-0.4, -0.2) is 54.7 Å². The monoisotopic (exact) mass is 540 g/mol. The summed E-state index contributed by atoms with van der Waals surface area (Å²) in [5.74, 6) is 6.30. The van der Waals surface area contributed by atoms with Crippen molar-refractivity contribution in [3.8, 4) is 11.8 Å². The maximum absolute atomic E-state index is 14.2. The smallest absolute Gasteiger partial charge is 0.331 e. The Bertz CT molecular complexity index is 1820. The number of rotatable bonds is 6. The van der Waals surface area contributed by atoms with Crippen LogP contribution in [0.4, 0.5) is 5.82 Å². The molecule has 40 heavy (non-hydrogen) atoms. The number of hydrogen-bond donors (Lipinski definition) is 2. The third kappa shape index (κ3) is 4.54. The van der Waals surface area contributed by atoms with Crippen LogP contribution in [0.3, 0.4) is 0 Å². The van der Waals surface area contributed by atoms with E-state index in [0.717, 1.165) is 36.8 Å². The Morgan fingerprint density at radius 3 is 2.60 bits per heavy atom. The lowest BCUT2D eigenvalue weighted by Crippen LogP contribution is -2.44. The van der Waals surface area contributed by atoms with Gasteiger partial charge in [-0.05, 0) is 50.3 Å². The minimum Gasteiger partial charge on any atom is -0.356 e. The number of amides is 1. The van der Waals surface area contributed by atoms with Gasteiger partial charge in [0.1, 0.15) is 16.9 Å². The van der Waals surface area contributed by atoms with Crippen molar-refractivity contribution in [1.82, 2.24) is 29.0 Å². The van der Waals surface area contributed by atoms with Crippen LogP contribution in [0, 0.1) is 11.8 Å². The van der Waals surface area contributed by atoms with Crippen molar-refractivity contribution in [3.05, 3.63) is 62.6 Å². The highest BCUT2D eigenvalue weighted by Gasteiger charge is 2.34. The van der Waals surface area contributed by atoms with Crippen molar-refractivity contribution < 1.29 is 4.79 Å². The largest absolute Gasteiger partial charge is 0.356 e. The Balaban J connectivity index is 1.60. The molecule has 206 valence electrons. The molecule has 1 aliphatic heterocycles. The molecule has 3 aromatic heterocycles. The van der Waals surface area contributed by atoms with Crippen molar-refractivity contribution in [1.29, 1.82) is 0 Å². The van der Waals surface area contributed by atoms with Crippen LogP contribution < -0.4 is 27.2 Å². The summed E-state index contributed by atoms with van der Waals surface area (Å²) in [6.07, 6.45) is 6.80. The minimum atomic E-state index is -0.502. The lowest BCUT2D eigenvalue weighted by atomic mass is 10.1. The quantitative estimate of drug-likeness (QED) is 0.353. The fraction of sp³-hybridized carbons (Fsp3) is 0.414. The Hall–Kier alpha value is -4.43. The van der Waals surface area contributed by atoms with Crippen LogP contribution in [0.5, 0.6) is 0 Å². The Labute approximate surface area is 230 Å². The summed E-state index contributed by atoms with van der Waals surface area (Å²) in [7, 11) is 1.61. The summed E-state index contributed by atoms with van der Waals surface area (Å²) in [5, 5.41) is 3.08. The first-order valence-corrected chi connectivity index (χ1v) is 13.6. The molecular weight excluding hydrogens is 508 g/mol. The van der Waals surface area contributed by atoms with Gasteiger partial charge < -0.3 is 20.5 Å². The van der Waals surface area contributed by atoms with Gasteiger partial charge in [-0.15, -0.1) is 5.92 Å². The zero-order chi connectivity index (χ0) is 28.0. The van der Waals surface area contributed by atoms with Crippen molar-refractivity contribution in [2.45, 2.75) is 57.8 Å². The van der Waals surface area contributed by atoms with E-state index in [2.05, 4.69) is 32.0 Å². The molecule has 1 saturated carbocycles. The fourth-order valence-corrected chi connectivity index (χ4v) is 5.59. The highest BCUT2D eigenvalue weighted by Crippen LogP contribution is 2.33. The number of nitrogens with two attached hydrogens (primary N) is 1. The maximum atomic E-state index is 14.2. The number of nitrogens with zero attached hydrogens (tertiary/aromatic N) is 6. The van der Waals surface area contributed by atoms with Gasteiger partial charge in [-0.2, -0.15) is 0 Å². The van der Waals surface area contributed by atoms with Gasteiger partial charge >= 0.3 is 5.69 Å². The first-order valence-electron chi connectivity index (χ1n) is 13.6. The number of aryl methyl sites for hydroxylation is 1. The SMILES string of the molecule is CC#CCn1c(N2CCC[C@@H](N)C2)c(C(=O)NC2CC2)c2c1c(=O)n(Cc1ccc3nccnc3c1)c(=O)n2C. The zero-order valence-corrected chi connectivity index (χ0v) is 22.7. The van der Waals surface area contributed by atoms with E-state index in [-0.39, 0.29) is 36.6 Å². The molecule has 4 aromatic rings. The van der Waals surface area contributed by atoms with Crippen molar-refractivity contribution in [2.24, 2.45) is 12.8 Å². The van der Waals surface area contributed by atoms with Crippen LogP contribution >= 0.6 is 0 Å². The summed E-state index contributed by atoms with van der Waals surface area (Å²) in [6, 6.07) is 5.53. The van der Waals surface area contributed by atoms with E-state index in [0.29, 0.717) is 35.5 Å². The van der Waals surface area contributed by atoms with Gasteiger partial charge in [0.25, 0.3) is 11.5 Å².